The van der Waals surface area contributed by atoms with Crippen LogP contribution in [-0.2, 0) is 0 Å². The Morgan fingerprint density at radius 1 is 0.964 bits per heavy atom. The Morgan fingerprint density at radius 2 is 1.75 bits per heavy atom. The van der Waals surface area contributed by atoms with Crippen LogP contribution < -0.4 is 0 Å². The molecule has 8 atom stereocenters. The van der Waals surface area contributed by atoms with E-state index in [1.165, 1.54) is 70.6 Å². The highest BCUT2D eigenvalue weighted by Gasteiger charge is 2.58. The van der Waals surface area contributed by atoms with E-state index in [1.54, 1.807) is 0 Å². The first-order valence-electron chi connectivity index (χ1n) is 12.9. The first-order chi connectivity index (χ1) is 13.3. The third-order valence-corrected chi connectivity index (χ3v) is 10.6. The van der Waals surface area contributed by atoms with Gasteiger partial charge in [-0.1, -0.05) is 72.5 Å². The van der Waals surface area contributed by atoms with Gasteiger partial charge in [-0.2, -0.15) is 0 Å². The van der Waals surface area contributed by atoms with Gasteiger partial charge < -0.3 is 0 Å². The van der Waals surface area contributed by atoms with Crippen LogP contribution in [0.3, 0.4) is 0 Å². The van der Waals surface area contributed by atoms with Gasteiger partial charge >= 0.3 is 0 Å². The normalized spacial score (nSPS) is 46.5. The molecule has 0 aromatic rings. The molecule has 3 fully saturated rings. The van der Waals surface area contributed by atoms with E-state index in [-0.39, 0.29) is 0 Å². The molecular formula is C28H48. The van der Waals surface area contributed by atoms with Crippen molar-refractivity contribution >= 4 is 0 Å². The lowest BCUT2D eigenvalue weighted by Crippen LogP contribution is -2.50. The Morgan fingerprint density at radius 3 is 2.50 bits per heavy atom. The van der Waals surface area contributed by atoms with Gasteiger partial charge in [0.15, 0.2) is 0 Å². The van der Waals surface area contributed by atoms with Crippen molar-refractivity contribution < 1.29 is 0 Å². The van der Waals surface area contributed by atoms with Gasteiger partial charge in [0.1, 0.15) is 0 Å². The van der Waals surface area contributed by atoms with Crippen LogP contribution in [0.25, 0.3) is 0 Å². The molecule has 0 heteroatoms. The average molecular weight is 385 g/mol. The summed E-state index contributed by atoms with van der Waals surface area (Å²) in [7, 11) is 0. The summed E-state index contributed by atoms with van der Waals surface area (Å²) in [6, 6.07) is 0. The third-order valence-electron chi connectivity index (χ3n) is 10.6. The van der Waals surface area contributed by atoms with Crippen molar-refractivity contribution in [2.24, 2.45) is 52.3 Å². The van der Waals surface area contributed by atoms with Gasteiger partial charge in [-0.3, -0.25) is 0 Å². The molecule has 0 spiro atoms. The van der Waals surface area contributed by atoms with E-state index in [1.807, 2.05) is 5.57 Å². The minimum absolute atomic E-state index is 0.553. The van der Waals surface area contributed by atoms with Crippen molar-refractivity contribution in [1.29, 1.82) is 0 Å². The van der Waals surface area contributed by atoms with E-state index >= 15 is 0 Å². The van der Waals surface area contributed by atoms with Crippen LogP contribution in [0.15, 0.2) is 11.6 Å². The Hall–Kier alpha value is -0.260. The number of hydrogen-bond donors (Lipinski definition) is 0. The van der Waals surface area contributed by atoms with Crippen LogP contribution in [0.2, 0.25) is 0 Å². The Labute approximate surface area is 176 Å². The second-order valence-electron chi connectivity index (χ2n) is 12.6. The maximum absolute atomic E-state index is 2.75. The zero-order chi connectivity index (χ0) is 20.1. The van der Waals surface area contributed by atoms with E-state index in [4.69, 9.17) is 0 Å². The fraction of sp³-hybridized carbons (Fsp3) is 0.929. The average Bonchev–Trinajstić information content (AvgIpc) is 2.99. The number of allylic oxidation sites excluding steroid dienone is 2. The predicted molar refractivity (Wildman–Crippen MR) is 122 cm³/mol. The minimum atomic E-state index is 0.553. The molecule has 0 N–H and O–H groups in total. The van der Waals surface area contributed by atoms with Crippen LogP contribution in [0.5, 0.6) is 0 Å². The Kier molecular flexibility index (Phi) is 5.83. The predicted octanol–water partition coefficient (Wildman–Crippen LogP) is 8.66. The van der Waals surface area contributed by atoms with Crippen molar-refractivity contribution in [2.75, 3.05) is 0 Å². The molecule has 4 rings (SSSR count). The van der Waals surface area contributed by atoms with Gasteiger partial charge in [-0.25, -0.2) is 0 Å². The monoisotopic (exact) mass is 384 g/mol. The second kappa shape index (κ2) is 7.77. The smallest absolute Gasteiger partial charge is 0.00851 e. The molecule has 4 aliphatic carbocycles. The molecule has 0 radical (unpaired) electrons. The molecule has 0 amide bonds. The highest BCUT2D eigenvalue weighted by atomic mass is 14.6. The zero-order valence-electron chi connectivity index (χ0n) is 19.9. The summed E-state index contributed by atoms with van der Waals surface area (Å²) in [5.41, 5.74) is 3.06. The molecule has 28 heavy (non-hydrogen) atoms. The van der Waals surface area contributed by atoms with E-state index in [0.717, 1.165) is 41.4 Å². The Balaban J connectivity index is 1.49. The number of fused-ring (bicyclic) bond motifs is 5. The largest absolute Gasteiger partial charge is 0.0845 e. The van der Waals surface area contributed by atoms with Gasteiger partial charge in [0, 0.05) is 0 Å². The quantitative estimate of drug-likeness (QED) is 0.416. The first kappa shape index (κ1) is 21.0. The minimum Gasteiger partial charge on any atom is -0.0845 e. The second-order valence-corrected chi connectivity index (χ2v) is 12.6. The van der Waals surface area contributed by atoms with E-state index in [2.05, 4.69) is 47.6 Å². The lowest BCUT2D eigenvalue weighted by molar-refractivity contribution is -0.0523. The molecule has 3 saturated carbocycles. The van der Waals surface area contributed by atoms with Crippen molar-refractivity contribution in [3.63, 3.8) is 0 Å². The Bertz CT molecular complexity index is 585. The summed E-state index contributed by atoms with van der Waals surface area (Å²) < 4.78 is 0. The van der Waals surface area contributed by atoms with Crippen LogP contribution in [0.1, 0.15) is 112 Å². The molecule has 0 heterocycles. The van der Waals surface area contributed by atoms with Crippen molar-refractivity contribution in [2.45, 2.75) is 112 Å². The maximum Gasteiger partial charge on any atom is -0.00851 e. The molecule has 0 bridgehead atoms. The summed E-state index contributed by atoms with van der Waals surface area (Å²) in [6.07, 6.45) is 19.0. The molecule has 160 valence electrons. The first-order valence-corrected chi connectivity index (χ1v) is 12.9. The van der Waals surface area contributed by atoms with Crippen molar-refractivity contribution in [1.82, 2.24) is 0 Å². The highest BCUT2D eigenvalue weighted by Crippen LogP contribution is 2.67. The molecule has 0 aromatic heterocycles. The molecule has 4 aliphatic rings. The van der Waals surface area contributed by atoms with Gasteiger partial charge in [-0.15, -0.1) is 0 Å². The fourth-order valence-electron chi connectivity index (χ4n) is 8.87. The number of rotatable bonds is 5. The molecule has 3 unspecified atom stereocenters. The van der Waals surface area contributed by atoms with E-state index in [0.29, 0.717) is 10.8 Å². The summed E-state index contributed by atoms with van der Waals surface area (Å²) in [6.45, 7) is 15.3. The SMILES string of the molecule is CC(C)CCCC(C)C1CCC2[C@@H]3CC=C4C[C@@H](C)CC[C@]4(C)[C@H]3CC[C@]12C. The topological polar surface area (TPSA) is 0 Å². The van der Waals surface area contributed by atoms with E-state index < -0.39 is 0 Å². The lowest BCUT2D eigenvalue weighted by atomic mass is 9.46. The molecule has 0 nitrogen and oxygen atoms in total. The fourth-order valence-corrected chi connectivity index (χ4v) is 8.87. The van der Waals surface area contributed by atoms with Crippen LogP contribution in [0.4, 0.5) is 0 Å². The molecule has 0 saturated heterocycles. The molecule has 0 aliphatic heterocycles. The molecule has 0 aromatic carbocycles. The highest BCUT2D eigenvalue weighted by molar-refractivity contribution is 5.25. The zero-order valence-corrected chi connectivity index (χ0v) is 19.9. The summed E-state index contributed by atoms with van der Waals surface area (Å²) >= 11 is 0. The van der Waals surface area contributed by atoms with Crippen LogP contribution >= 0.6 is 0 Å². The summed E-state index contributed by atoms with van der Waals surface area (Å²) in [5.74, 6) is 6.73. The summed E-state index contributed by atoms with van der Waals surface area (Å²) in [4.78, 5) is 0. The van der Waals surface area contributed by atoms with Crippen molar-refractivity contribution in [3.05, 3.63) is 11.6 Å². The molecular weight excluding hydrogens is 336 g/mol. The van der Waals surface area contributed by atoms with Crippen molar-refractivity contribution in [3.8, 4) is 0 Å². The van der Waals surface area contributed by atoms with Gasteiger partial charge in [0.2, 0.25) is 0 Å². The van der Waals surface area contributed by atoms with Crippen LogP contribution in [-0.4, -0.2) is 0 Å². The van der Waals surface area contributed by atoms with Gasteiger partial charge in [0.05, 0.1) is 0 Å². The number of hydrogen-bond acceptors (Lipinski definition) is 0. The van der Waals surface area contributed by atoms with Crippen LogP contribution in [0, 0.1) is 52.3 Å². The van der Waals surface area contributed by atoms with E-state index in [9.17, 15) is 0 Å². The standard InChI is InChI=1S/C28H48/c1-19(2)8-7-9-21(4)24-12-13-25-23-11-10-22-18-20(3)14-16-27(22,5)26(23)15-17-28(24,25)6/h10,19-21,23-26H,7-9,11-18H2,1-6H3/t20-,21?,23-,24?,25?,26-,27-,28+/m0/s1. The lowest BCUT2D eigenvalue weighted by Gasteiger charge is -2.58. The van der Waals surface area contributed by atoms with Gasteiger partial charge in [-0.05, 0) is 104 Å². The van der Waals surface area contributed by atoms with Gasteiger partial charge in [0.25, 0.3) is 0 Å². The maximum atomic E-state index is 2.75. The third kappa shape index (κ3) is 3.43. The summed E-state index contributed by atoms with van der Waals surface area (Å²) in [5, 5.41) is 0.